The van der Waals surface area contributed by atoms with Crippen LogP contribution in [0.2, 0.25) is 0 Å². The molecule has 0 saturated heterocycles. The standard InChI is InChI=1S/C32H18N2O/c35-32-27-14-7-13-26-25-12-5-6-15-29(25)34(30(26)27)31(33-32)19-16-17-24-22-10-2-1-8-20(22)21-9-3-4-11-23(21)28(24)18-19/h1-18H. The molecule has 8 aromatic rings. The van der Waals surface area contributed by atoms with Crippen molar-refractivity contribution in [3.05, 3.63) is 120 Å². The highest BCUT2D eigenvalue weighted by atomic mass is 16.1. The highest BCUT2D eigenvalue weighted by molar-refractivity contribution is 6.25. The molecule has 2 heterocycles. The van der Waals surface area contributed by atoms with Crippen molar-refractivity contribution < 1.29 is 0 Å². The third-order valence-electron chi connectivity index (χ3n) is 7.35. The molecule has 0 bridgehead atoms. The summed E-state index contributed by atoms with van der Waals surface area (Å²) in [5.41, 5.74) is 2.74. The van der Waals surface area contributed by atoms with E-state index in [1.54, 1.807) is 0 Å². The van der Waals surface area contributed by atoms with Crippen LogP contribution in [0.5, 0.6) is 0 Å². The van der Waals surface area contributed by atoms with Crippen LogP contribution in [0.3, 0.4) is 0 Å². The number of hydrogen-bond acceptors (Lipinski definition) is 2. The van der Waals surface area contributed by atoms with Crippen LogP contribution < -0.4 is 5.56 Å². The minimum Gasteiger partial charge on any atom is -0.292 e. The molecule has 0 atom stereocenters. The molecule has 0 radical (unpaired) electrons. The number of para-hydroxylation sites is 2. The molecule has 3 heteroatoms. The lowest BCUT2D eigenvalue weighted by molar-refractivity contribution is 1.12. The number of nitrogens with zero attached hydrogens (tertiary/aromatic N) is 2. The van der Waals surface area contributed by atoms with Gasteiger partial charge >= 0.3 is 0 Å². The molecule has 35 heavy (non-hydrogen) atoms. The van der Waals surface area contributed by atoms with E-state index in [0.29, 0.717) is 11.2 Å². The quantitative estimate of drug-likeness (QED) is 0.244. The molecule has 3 nitrogen and oxygen atoms in total. The van der Waals surface area contributed by atoms with Gasteiger partial charge in [-0.25, -0.2) is 0 Å². The van der Waals surface area contributed by atoms with Crippen LogP contribution >= 0.6 is 0 Å². The molecule has 2 aromatic heterocycles. The molecule has 0 N–H and O–H groups in total. The Balaban J connectivity index is 1.56. The Morgan fingerprint density at radius 3 is 1.74 bits per heavy atom. The highest BCUT2D eigenvalue weighted by Gasteiger charge is 2.18. The lowest BCUT2D eigenvalue weighted by Gasteiger charge is -2.13. The summed E-state index contributed by atoms with van der Waals surface area (Å²) >= 11 is 0. The Labute approximate surface area is 199 Å². The average Bonchev–Trinajstić information content (AvgIpc) is 3.26. The van der Waals surface area contributed by atoms with Gasteiger partial charge in [0.05, 0.1) is 16.4 Å². The summed E-state index contributed by atoms with van der Waals surface area (Å²) in [6.45, 7) is 0. The second-order valence-corrected chi connectivity index (χ2v) is 9.15. The Hall–Kier alpha value is -4.76. The zero-order valence-electron chi connectivity index (χ0n) is 18.7. The zero-order valence-corrected chi connectivity index (χ0v) is 18.7. The zero-order chi connectivity index (χ0) is 23.1. The number of hydrogen-bond donors (Lipinski definition) is 0. The Kier molecular flexibility index (Phi) is 3.54. The van der Waals surface area contributed by atoms with E-state index >= 15 is 0 Å². The summed E-state index contributed by atoms with van der Waals surface area (Å²) in [5.74, 6) is 0.680. The van der Waals surface area contributed by atoms with Crippen molar-refractivity contribution in [3.8, 4) is 11.4 Å². The first-order valence-corrected chi connectivity index (χ1v) is 11.8. The smallest absolute Gasteiger partial charge is 0.281 e. The number of fused-ring (bicyclic) bond motifs is 9. The van der Waals surface area contributed by atoms with Crippen molar-refractivity contribution in [2.45, 2.75) is 0 Å². The molecular weight excluding hydrogens is 428 g/mol. The molecule has 0 fully saturated rings. The molecule has 0 saturated carbocycles. The van der Waals surface area contributed by atoms with Crippen molar-refractivity contribution in [3.63, 3.8) is 0 Å². The van der Waals surface area contributed by atoms with Crippen molar-refractivity contribution in [2.24, 2.45) is 0 Å². The van der Waals surface area contributed by atoms with E-state index in [2.05, 4.69) is 94.3 Å². The Morgan fingerprint density at radius 1 is 0.486 bits per heavy atom. The topological polar surface area (TPSA) is 34.4 Å². The lowest BCUT2D eigenvalue weighted by atomic mass is 9.93. The molecular formula is C32H18N2O. The van der Waals surface area contributed by atoms with E-state index in [1.807, 2.05) is 24.3 Å². The second-order valence-electron chi connectivity index (χ2n) is 9.15. The van der Waals surface area contributed by atoms with Crippen LogP contribution in [0.4, 0.5) is 0 Å². The maximum atomic E-state index is 13.2. The van der Waals surface area contributed by atoms with Gasteiger partial charge in [0, 0.05) is 16.3 Å². The summed E-state index contributed by atoms with van der Waals surface area (Å²) in [6, 6.07) is 37.8. The fourth-order valence-corrected chi connectivity index (χ4v) is 5.86. The van der Waals surface area contributed by atoms with E-state index in [0.717, 1.165) is 27.4 Å². The minimum absolute atomic E-state index is 0.190. The summed E-state index contributed by atoms with van der Waals surface area (Å²) in [5, 5.41) is 10.1. The number of aromatic nitrogens is 2. The van der Waals surface area contributed by atoms with E-state index in [-0.39, 0.29) is 5.56 Å². The van der Waals surface area contributed by atoms with Gasteiger partial charge in [0.1, 0.15) is 5.82 Å². The summed E-state index contributed by atoms with van der Waals surface area (Å²) < 4.78 is 2.16. The van der Waals surface area contributed by atoms with Crippen molar-refractivity contribution in [1.29, 1.82) is 0 Å². The monoisotopic (exact) mass is 446 g/mol. The van der Waals surface area contributed by atoms with Gasteiger partial charge in [-0.15, -0.1) is 0 Å². The maximum Gasteiger partial charge on any atom is 0.281 e. The van der Waals surface area contributed by atoms with Crippen molar-refractivity contribution >= 4 is 59.5 Å². The van der Waals surface area contributed by atoms with E-state index in [4.69, 9.17) is 0 Å². The Morgan fingerprint density at radius 2 is 1.03 bits per heavy atom. The number of benzene rings is 6. The summed E-state index contributed by atoms with van der Waals surface area (Å²) in [4.78, 5) is 17.8. The molecule has 162 valence electrons. The molecule has 0 unspecified atom stereocenters. The largest absolute Gasteiger partial charge is 0.292 e. The molecule has 0 amide bonds. The normalized spacial score (nSPS) is 12.1. The first-order valence-electron chi connectivity index (χ1n) is 11.8. The van der Waals surface area contributed by atoms with Crippen molar-refractivity contribution in [2.75, 3.05) is 0 Å². The van der Waals surface area contributed by atoms with Gasteiger partial charge in [-0.1, -0.05) is 91.0 Å². The molecule has 8 rings (SSSR count). The van der Waals surface area contributed by atoms with Crippen LogP contribution in [-0.2, 0) is 0 Å². The average molecular weight is 447 g/mol. The SMILES string of the molecule is O=c1nc(-c2ccc3c4ccccc4c4ccccc4c3c2)n2c3ccccc3c3cccc1c32. The van der Waals surface area contributed by atoms with Crippen LogP contribution in [0, 0.1) is 0 Å². The van der Waals surface area contributed by atoms with Gasteiger partial charge in [-0.05, 0) is 50.5 Å². The van der Waals surface area contributed by atoms with E-state index < -0.39 is 0 Å². The van der Waals surface area contributed by atoms with E-state index in [9.17, 15) is 4.79 Å². The van der Waals surface area contributed by atoms with Gasteiger partial charge < -0.3 is 0 Å². The fraction of sp³-hybridized carbons (Fsp3) is 0. The van der Waals surface area contributed by atoms with E-state index in [1.165, 1.54) is 32.3 Å². The fourth-order valence-electron chi connectivity index (χ4n) is 5.86. The molecule has 0 aliphatic carbocycles. The van der Waals surface area contributed by atoms with Crippen LogP contribution in [0.1, 0.15) is 0 Å². The molecule has 6 aromatic carbocycles. The molecule has 0 aliphatic rings. The van der Waals surface area contributed by atoms with Gasteiger partial charge in [0.25, 0.3) is 5.56 Å². The third-order valence-corrected chi connectivity index (χ3v) is 7.35. The van der Waals surface area contributed by atoms with Crippen LogP contribution in [-0.4, -0.2) is 9.38 Å². The first-order chi connectivity index (χ1) is 17.3. The highest BCUT2D eigenvalue weighted by Crippen LogP contribution is 2.38. The van der Waals surface area contributed by atoms with Gasteiger partial charge in [0.2, 0.25) is 0 Å². The summed E-state index contributed by atoms with van der Waals surface area (Å²) in [6.07, 6.45) is 0. The minimum atomic E-state index is -0.190. The first kappa shape index (κ1) is 18.6. The number of rotatable bonds is 1. The summed E-state index contributed by atoms with van der Waals surface area (Å²) in [7, 11) is 0. The van der Waals surface area contributed by atoms with Crippen molar-refractivity contribution in [1.82, 2.24) is 9.38 Å². The maximum absolute atomic E-state index is 13.2. The van der Waals surface area contributed by atoms with Crippen LogP contribution in [0.15, 0.2) is 114 Å². The van der Waals surface area contributed by atoms with Gasteiger partial charge in [-0.3, -0.25) is 9.20 Å². The van der Waals surface area contributed by atoms with Crippen LogP contribution in [0.25, 0.3) is 70.9 Å². The van der Waals surface area contributed by atoms with Gasteiger partial charge in [-0.2, -0.15) is 4.98 Å². The third kappa shape index (κ3) is 2.39. The lowest BCUT2D eigenvalue weighted by Crippen LogP contribution is -2.11. The predicted molar refractivity (Wildman–Crippen MR) is 146 cm³/mol. The van der Waals surface area contributed by atoms with Gasteiger partial charge in [0.15, 0.2) is 0 Å². The molecule has 0 aliphatic heterocycles. The Bertz CT molecular complexity index is 2150. The second kappa shape index (κ2) is 6.64. The molecule has 0 spiro atoms. The predicted octanol–water partition coefficient (Wildman–Crippen LogP) is 7.57.